The molecule has 0 bridgehead atoms. The molecule has 0 spiro atoms. The van der Waals surface area contributed by atoms with Crippen LogP contribution in [0.1, 0.15) is 23.4 Å². The summed E-state index contributed by atoms with van der Waals surface area (Å²) in [6.07, 6.45) is 7.44. The molecule has 1 aliphatic rings. The lowest BCUT2D eigenvalue weighted by atomic mass is 10.0. The summed E-state index contributed by atoms with van der Waals surface area (Å²) in [5, 5.41) is 1.92. The minimum Gasteiger partial charge on any atom is -0.264 e. The SMILES string of the molecule is O=S(=O)(Nc1nc2c(s1)CCCC2)c1cccc2ccncc12. The Labute approximate surface area is 138 Å². The largest absolute Gasteiger partial charge is 0.264 e. The second-order valence-corrected chi connectivity index (χ2v) is 8.29. The third kappa shape index (κ3) is 2.70. The van der Waals surface area contributed by atoms with Gasteiger partial charge < -0.3 is 0 Å². The van der Waals surface area contributed by atoms with Crippen LogP contribution in [0, 0.1) is 0 Å². The zero-order valence-corrected chi connectivity index (χ0v) is 14.0. The number of nitrogens with one attached hydrogen (secondary N) is 1. The smallest absolute Gasteiger partial charge is 0.264 e. The van der Waals surface area contributed by atoms with E-state index in [0.717, 1.165) is 36.8 Å². The standard InChI is InChI=1S/C16H15N3O2S2/c20-23(21,15-7-3-4-11-8-9-17-10-12(11)15)19-16-18-13-5-1-2-6-14(13)22-16/h3-4,7-10H,1-2,5-6H2,(H,18,19). The van der Waals surface area contributed by atoms with Gasteiger partial charge in [-0.15, -0.1) is 11.3 Å². The molecule has 7 heteroatoms. The number of fused-ring (bicyclic) bond motifs is 2. The molecule has 0 saturated carbocycles. The van der Waals surface area contributed by atoms with E-state index in [2.05, 4.69) is 14.7 Å². The Morgan fingerprint density at radius 1 is 1.13 bits per heavy atom. The molecule has 1 aliphatic carbocycles. The number of pyridine rings is 1. The van der Waals surface area contributed by atoms with Crippen LogP contribution < -0.4 is 4.72 Å². The molecule has 0 amide bonds. The molecule has 0 radical (unpaired) electrons. The first-order chi connectivity index (χ1) is 11.1. The fourth-order valence-corrected chi connectivity index (χ4v) is 5.39. The molecule has 0 aliphatic heterocycles. The van der Waals surface area contributed by atoms with Crippen molar-refractivity contribution in [3.05, 3.63) is 47.2 Å². The van der Waals surface area contributed by atoms with Gasteiger partial charge in [0.05, 0.1) is 10.6 Å². The Kier molecular flexibility index (Phi) is 3.54. The summed E-state index contributed by atoms with van der Waals surface area (Å²) in [5.41, 5.74) is 1.04. The van der Waals surface area contributed by atoms with Gasteiger partial charge in [-0.05, 0) is 43.2 Å². The zero-order valence-electron chi connectivity index (χ0n) is 12.3. The van der Waals surface area contributed by atoms with E-state index in [0.29, 0.717) is 10.5 Å². The van der Waals surface area contributed by atoms with Gasteiger partial charge in [0, 0.05) is 22.7 Å². The molecular formula is C16H15N3O2S2. The normalized spacial score (nSPS) is 14.6. The highest BCUT2D eigenvalue weighted by Gasteiger charge is 2.21. The van der Waals surface area contributed by atoms with E-state index in [1.807, 2.05) is 6.07 Å². The second kappa shape index (κ2) is 5.58. The van der Waals surface area contributed by atoms with Crippen LogP contribution in [0.15, 0.2) is 41.6 Å². The summed E-state index contributed by atoms with van der Waals surface area (Å²) in [6, 6.07) is 7.01. The number of benzene rings is 1. The Morgan fingerprint density at radius 2 is 2.00 bits per heavy atom. The Bertz CT molecular complexity index is 951. The molecule has 0 unspecified atom stereocenters. The molecular weight excluding hydrogens is 330 g/mol. The number of anilines is 1. The highest BCUT2D eigenvalue weighted by atomic mass is 32.2. The number of hydrogen-bond donors (Lipinski definition) is 1. The highest BCUT2D eigenvalue weighted by molar-refractivity contribution is 7.93. The number of sulfonamides is 1. The van der Waals surface area contributed by atoms with E-state index in [1.54, 1.807) is 30.6 Å². The first kappa shape index (κ1) is 14.6. The fraction of sp³-hybridized carbons (Fsp3) is 0.250. The number of thiazole rings is 1. The van der Waals surface area contributed by atoms with Crippen molar-refractivity contribution in [2.24, 2.45) is 0 Å². The summed E-state index contributed by atoms with van der Waals surface area (Å²) >= 11 is 1.45. The third-order valence-electron chi connectivity index (χ3n) is 4.00. The Morgan fingerprint density at radius 3 is 2.87 bits per heavy atom. The highest BCUT2D eigenvalue weighted by Crippen LogP contribution is 2.31. The third-order valence-corrected chi connectivity index (χ3v) is 6.60. The van der Waals surface area contributed by atoms with Crippen molar-refractivity contribution in [3.63, 3.8) is 0 Å². The summed E-state index contributed by atoms with van der Waals surface area (Å²) < 4.78 is 28.1. The quantitative estimate of drug-likeness (QED) is 0.790. The van der Waals surface area contributed by atoms with E-state index in [9.17, 15) is 8.42 Å². The molecule has 0 fully saturated rings. The van der Waals surface area contributed by atoms with Gasteiger partial charge in [0.25, 0.3) is 10.0 Å². The summed E-state index contributed by atoms with van der Waals surface area (Å²) in [7, 11) is -3.68. The van der Waals surface area contributed by atoms with Gasteiger partial charge in [-0.1, -0.05) is 12.1 Å². The maximum Gasteiger partial charge on any atom is 0.264 e. The molecule has 1 N–H and O–H groups in total. The van der Waals surface area contributed by atoms with Crippen molar-refractivity contribution in [3.8, 4) is 0 Å². The zero-order chi connectivity index (χ0) is 15.9. The Balaban J connectivity index is 1.73. The average molecular weight is 345 g/mol. The molecule has 0 atom stereocenters. The molecule has 5 nitrogen and oxygen atoms in total. The Hall–Kier alpha value is -1.99. The molecule has 2 heterocycles. The van der Waals surface area contributed by atoms with Crippen molar-refractivity contribution >= 4 is 37.3 Å². The molecule has 23 heavy (non-hydrogen) atoms. The minimum absolute atomic E-state index is 0.233. The summed E-state index contributed by atoms with van der Waals surface area (Å²) in [4.78, 5) is 9.93. The van der Waals surface area contributed by atoms with Crippen molar-refractivity contribution in [2.45, 2.75) is 30.6 Å². The number of nitrogens with zero attached hydrogens (tertiary/aromatic N) is 2. The summed E-state index contributed by atoms with van der Waals surface area (Å²) in [6.45, 7) is 0. The predicted molar refractivity (Wildman–Crippen MR) is 91.3 cm³/mol. The monoisotopic (exact) mass is 345 g/mol. The van der Waals surface area contributed by atoms with Crippen molar-refractivity contribution < 1.29 is 8.42 Å². The first-order valence-electron chi connectivity index (χ1n) is 7.48. The number of aryl methyl sites for hydroxylation is 2. The number of rotatable bonds is 3. The van der Waals surface area contributed by atoms with Crippen molar-refractivity contribution in [1.82, 2.24) is 9.97 Å². The van der Waals surface area contributed by atoms with E-state index in [-0.39, 0.29) is 4.90 Å². The first-order valence-corrected chi connectivity index (χ1v) is 9.77. The van der Waals surface area contributed by atoms with Gasteiger partial charge in [-0.2, -0.15) is 0 Å². The van der Waals surface area contributed by atoms with Crippen molar-refractivity contribution in [2.75, 3.05) is 4.72 Å². The van der Waals surface area contributed by atoms with Crippen LogP contribution in [-0.4, -0.2) is 18.4 Å². The van der Waals surface area contributed by atoms with E-state index >= 15 is 0 Å². The maximum atomic E-state index is 12.8. The van der Waals surface area contributed by atoms with Crippen LogP contribution in [-0.2, 0) is 22.9 Å². The average Bonchev–Trinajstić information content (AvgIpc) is 2.95. The van der Waals surface area contributed by atoms with E-state index < -0.39 is 10.0 Å². The topological polar surface area (TPSA) is 72.0 Å². The predicted octanol–water partition coefficient (Wildman–Crippen LogP) is 3.37. The number of hydrogen-bond acceptors (Lipinski definition) is 5. The van der Waals surface area contributed by atoms with Gasteiger partial charge >= 0.3 is 0 Å². The number of aromatic nitrogens is 2. The van der Waals surface area contributed by atoms with Gasteiger partial charge in [0.2, 0.25) is 0 Å². The van der Waals surface area contributed by atoms with Gasteiger partial charge in [0.1, 0.15) is 0 Å². The lowest BCUT2D eigenvalue weighted by Crippen LogP contribution is -2.13. The van der Waals surface area contributed by atoms with Gasteiger partial charge in [0.15, 0.2) is 5.13 Å². The lowest BCUT2D eigenvalue weighted by Gasteiger charge is -2.08. The van der Waals surface area contributed by atoms with E-state index in [1.165, 1.54) is 16.2 Å². The van der Waals surface area contributed by atoms with Gasteiger partial charge in [-0.3, -0.25) is 9.71 Å². The van der Waals surface area contributed by atoms with Crippen LogP contribution in [0.5, 0.6) is 0 Å². The lowest BCUT2D eigenvalue weighted by molar-refractivity contribution is 0.602. The van der Waals surface area contributed by atoms with E-state index in [4.69, 9.17) is 0 Å². The maximum absolute atomic E-state index is 12.8. The molecule has 4 rings (SSSR count). The molecule has 3 aromatic rings. The molecule has 118 valence electrons. The summed E-state index contributed by atoms with van der Waals surface area (Å²) in [5.74, 6) is 0. The van der Waals surface area contributed by atoms with Crippen molar-refractivity contribution in [1.29, 1.82) is 0 Å². The van der Waals surface area contributed by atoms with Crippen LogP contribution in [0.4, 0.5) is 5.13 Å². The fourth-order valence-electron chi connectivity index (χ4n) is 2.89. The minimum atomic E-state index is -3.68. The van der Waals surface area contributed by atoms with Gasteiger partial charge in [-0.25, -0.2) is 13.4 Å². The van der Waals surface area contributed by atoms with Crippen LogP contribution in [0.3, 0.4) is 0 Å². The van der Waals surface area contributed by atoms with Crippen LogP contribution >= 0.6 is 11.3 Å². The molecule has 0 saturated heterocycles. The van der Waals surface area contributed by atoms with Crippen LogP contribution in [0.2, 0.25) is 0 Å². The molecule has 2 aromatic heterocycles. The molecule has 1 aromatic carbocycles. The van der Waals surface area contributed by atoms with Crippen LogP contribution in [0.25, 0.3) is 10.8 Å². The second-order valence-electron chi connectivity index (χ2n) is 5.55.